The van der Waals surface area contributed by atoms with Crippen molar-refractivity contribution in [3.05, 3.63) is 34.9 Å². The second-order valence-corrected chi connectivity index (χ2v) is 20.3. The Labute approximate surface area is 106 Å². The van der Waals surface area contributed by atoms with Gasteiger partial charge >= 0.3 is 107 Å². The van der Waals surface area contributed by atoms with Gasteiger partial charge in [0.15, 0.2) is 0 Å². The molecular formula is C8H5BrCl3NZr. The molecule has 1 nitrogen and oxygen atoms in total. The maximum atomic E-state index is 6.04. The quantitative estimate of drug-likeness (QED) is 0.661. The maximum absolute atomic E-state index is 6.04. The van der Waals surface area contributed by atoms with Gasteiger partial charge in [-0.1, -0.05) is 0 Å². The Morgan fingerprint density at radius 2 is 1.86 bits per heavy atom. The molecule has 0 atom stereocenters. The van der Waals surface area contributed by atoms with Gasteiger partial charge in [0.25, 0.3) is 0 Å². The Morgan fingerprint density at radius 3 is 2.50 bits per heavy atom. The number of pyridine rings is 1. The van der Waals surface area contributed by atoms with E-state index in [-0.39, 0.29) is 0 Å². The Hall–Kier alpha value is 0.993. The van der Waals surface area contributed by atoms with E-state index in [2.05, 4.69) is 15.9 Å². The van der Waals surface area contributed by atoms with E-state index >= 15 is 0 Å². The van der Waals surface area contributed by atoms with Crippen LogP contribution in [-0.2, 0) is 17.0 Å². The molecule has 1 heterocycles. The number of hydrogen-bond acceptors (Lipinski definition) is 0. The predicted octanol–water partition coefficient (Wildman–Crippen LogP) is 4.73. The summed E-state index contributed by atoms with van der Waals surface area (Å²) in [7, 11) is 18.1. The summed E-state index contributed by atoms with van der Waals surface area (Å²) in [6.07, 6.45) is 1.83. The number of fused-ring (bicyclic) bond motifs is 1. The van der Waals surface area contributed by atoms with Gasteiger partial charge < -0.3 is 0 Å². The first-order valence-electron chi connectivity index (χ1n) is 3.83. The van der Waals surface area contributed by atoms with E-state index in [1.54, 1.807) is 2.51 Å². The summed E-state index contributed by atoms with van der Waals surface area (Å²) >= 11 is -0.142. The van der Waals surface area contributed by atoms with Gasteiger partial charge in [-0.2, -0.15) is 0 Å². The summed E-state index contributed by atoms with van der Waals surface area (Å²) in [6.45, 7) is 0. The fourth-order valence-corrected chi connectivity index (χ4v) is 6.17. The summed E-state index contributed by atoms with van der Waals surface area (Å²) in [4.78, 5) is 0. The molecule has 0 saturated heterocycles. The van der Waals surface area contributed by atoms with Crippen molar-refractivity contribution < 1.29 is 17.0 Å². The Balaban J connectivity index is 2.70. The first kappa shape index (κ1) is 11.5. The van der Waals surface area contributed by atoms with Gasteiger partial charge in [0.2, 0.25) is 0 Å². The number of halogens is 4. The predicted molar refractivity (Wildman–Crippen MR) is 61.7 cm³/mol. The zero-order valence-corrected chi connectivity index (χ0v) is 13.2. The average molecular weight is 393 g/mol. The Morgan fingerprint density at radius 1 is 1.14 bits per heavy atom. The van der Waals surface area contributed by atoms with Crippen LogP contribution in [0, 0.1) is 0 Å². The summed E-state index contributed by atoms with van der Waals surface area (Å²) in [5.41, 5.74) is 2.06. The summed E-state index contributed by atoms with van der Waals surface area (Å²) in [5, 5.41) is 0. The molecule has 0 aromatic rings. The van der Waals surface area contributed by atoms with Gasteiger partial charge in [0, 0.05) is 0 Å². The van der Waals surface area contributed by atoms with Crippen molar-refractivity contribution in [3.63, 3.8) is 0 Å². The number of hydrogen-bond donors (Lipinski definition) is 0. The second kappa shape index (κ2) is 4.10. The van der Waals surface area contributed by atoms with Gasteiger partial charge in [-0.05, 0) is 0 Å². The van der Waals surface area contributed by atoms with Crippen molar-refractivity contribution in [2.24, 2.45) is 0 Å². The normalized spacial score (nSPS) is 12.3. The summed E-state index contributed by atoms with van der Waals surface area (Å²) in [5.74, 6) is 0. The van der Waals surface area contributed by atoms with Crippen LogP contribution in [0.3, 0.4) is 0 Å². The minimum atomic E-state index is -3.60. The van der Waals surface area contributed by atoms with E-state index in [9.17, 15) is 0 Å². The van der Waals surface area contributed by atoms with Crippen LogP contribution in [0.4, 0.5) is 0 Å². The van der Waals surface area contributed by atoms with Crippen LogP contribution in [0.15, 0.2) is 34.9 Å². The standard InChI is InChI=1S/C8H5BrN.3ClH.Zr/c9-7-4-5-10-8-3-1-2-6(7)8;;;;/h1-5H;3*1H;/q-1;;;;+4/p-3. The van der Waals surface area contributed by atoms with Crippen LogP contribution in [0.1, 0.15) is 0 Å². The van der Waals surface area contributed by atoms with Crippen LogP contribution < -0.4 is 0 Å². The second-order valence-electron chi connectivity index (χ2n) is 2.83. The van der Waals surface area contributed by atoms with E-state index < -0.39 is 17.0 Å². The molecule has 0 unspecified atom stereocenters. The van der Waals surface area contributed by atoms with Crippen LogP contribution in [0.2, 0.25) is 0 Å². The topological polar surface area (TPSA) is 4.93 Å². The molecule has 0 fully saturated rings. The Kier molecular flexibility index (Phi) is 3.36. The minimum absolute atomic E-state index is 0.982. The first-order chi connectivity index (χ1) is 6.50. The van der Waals surface area contributed by atoms with E-state index in [0.717, 1.165) is 15.7 Å². The zero-order chi connectivity index (χ0) is 10.3. The van der Waals surface area contributed by atoms with Gasteiger partial charge in [-0.15, -0.1) is 0 Å². The van der Waals surface area contributed by atoms with E-state index in [0.29, 0.717) is 0 Å². The van der Waals surface area contributed by atoms with Crippen LogP contribution in [0.25, 0.3) is 11.3 Å². The molecule has 2 rings (SSSR count). The van der Waals surface area contributed by atoms with Gasteiger partial charge in [-0.25, -0.2) is 0 Å². The molecule has 74 valence electrons. The number of aromatic nitrogens is 1. The molecule has 0 saturated carbocycles. The molecule has 2 aliphatic rings. The molecule has 1 aliphatic heterocycles. The molecule has 14 heavy (non-hydrogen) atoms. The molecule has 0 amide bonds. The average Bonchev–Trinajstić information content (AvgIpc) is 2.50. The third-order valence-corrected chi connectivity index (χ3v) is 8.18. The van der Waals surface area contributed by atoms with Crippen molar-refractivity contribution in [2.45, 2.75) is 0 Å². The molecule has 0 aromatic heterocycles. The summed E-state index contributed by atoms with van der Waals surface area (Å²) in [6, 6.07) is 7.81. The van der Waals surface area contributed by atoms with Gasteiger partial charge in [-0.3, -0.25) is 0 Å². The van der Waals surface area contributed by atoms with Crippen molar-refractivity contribution >= 4 is 41.5 Å². The van der Waals surface area contributed by atoms with Gasteiger partial charge in [0.1, 0.15) is 0 Å². The number of nitrogens with zero attached hydrogens (tertiary/aromatic N) is 1. The third kappa shape index (κ3) is 2.08. The van der Waals surface area contributed by atoms with Crippen molar-refractivity contribution in [3.8, 4) is 11.3 Å². The van der Waals surface area contributed by atoms with Crippen LogP contribution >= 0.6 is 41.5 Å². The van der Waals surface area contributed by atoms with Crippen LogP contribution in [-0.4, -0.2) is 2.51 Å². The third-order valence-electron chi connectivity index (χ3n) is 1.95. The molecule has 6 heteroatoms. The molecule has 1 aliphatic carbocycles. The van der Waals surface area contributed by atoms with Crippen molar-refractivity contribution in [1.29, 1.82) is 0 Å². The Bertz CT molecular complexity index is 437. The van der Waals surface area contributed by atoms with E-state index in [4.69, 9.17) is 25.5 Å². The van der Waals surface area contributed by atoms with Crippen LogP contribution in [0.5, 0.6) is 0 Å². The van der Waals surface area contributed by atoms with E-state index in [1.165, 1.54) is 0 Å². The van der Waals surface area contributed by atoms with E-state index in [1.807, 2.05) is 30.5 Å². The fourth-order valence-electron chi connectivity index (χ4n) is 1.35. The monoisotopic (exact) mass is 389 g/mol. The SMILES string of the molecule is [Cl][Zr]([Cl])([Cl])[n]1ccc(Br)c2cccc1-2. The molecule has 0 spiro atoms. The zero-order valence-electron chi connectivity index (χ0n) is 6.85. The number of rotatable bonds is 1. The van der Waals surface area contributed by atoms with Crippen molar-refractivity contribution in [2.75, 3.05) is 0 Å². The molecule has 0 bridgehead atoms. The molecule has 0 aromatic carbocycles. The van der Waals surface area contributed by atoms with Gasteiger partial charge in [0.05, 0.1) is 0 Å². The molecular weight excluding hydrogens is 388 g/mol. The van der Waals surface area contributed by atoms with Crippen molar-refractivity contribution in [1.82, 2.24) is 2.51 Å². The fraction of sp³-hybridized carbons (Fsp3) is 0. The molecule has 0 N–H and O–H groups in total. The summed E-state index contributed by atoms with van der Waals surface area (Å²) < 4.78 is 2.83. The first-order valence-corrected chi connectivity index (χ1v) is 15.2. The molecule has 0 radical (unpaired) electrons.